The molecule has 1 N–H and O–H groups in total. The molecule has 1 aromatic carbocycles. The third kappa shape index (κ3) is 2.72. The van der Waals surface area contributed by atoms with Gasteiger partial charge in [-0.25, -0.2) is 0 Å². The zero-order chi connectivity index (χ0) is 16.7. The number of carbonyl (C=O) groups excluding carboxylic acids is 2. The molecule has 3 aliphatic rings. The second-order valence-electron chi connectivity index (χ2n) is 7.71. The van der Waals surface area contributed by atoms with Crippen LogP contribution >= 0.6 is 0 Å². The van der Waals surface area contributed by atoms with Crippen molar-refractivity contribution in [2.24, 2.45) is 5.92 Å². The van der Waals surface area contributed by atoms with Crippen molar-refractivity contribution in [3.05, 3.63) is 29.3 Å². The van der Waals surface area contributed by atoms with E-state index in [-0.39, 0.29) is 17.9 Å². The van der Waals surface area contributed by atoms with E-state index < -0.39 is 0 Å². The lowest BCUT2D eigenvalue weighted by Crippen LogP contribution is -2.52. The Morgan fingerprint density at radius 3 is 2.58 bits per heavy atom. The molecule has 1 aliphatic carbocycles. The van der Waals surface area contributed by atoms with Crippen molar-refractivity contribution in [1.29, 1.82) is 0 Å². The Balaban J connectivity index is 1.59. The summed E-state index contributed by atoms with van der Waals surface area (Å²) in [7, 11) is 0. The van der Waals surface area contributed by atoms with Crippen LogP contribution in [0.15, 0.2) is 18.2 Å². The van der Waals surface area contributed by atoms with Gasteiger partial charge in [-0.1, -0.05) is 31.9 Å². The van der Waals surface area contributed by atoms with Gasteiger partial charge in [-0.15, -0.1) is 0 Å². The highest BCUT2D eigenvalue weighted by Gasteiger charge is 2.36. The molecule has 1 atom stereocenters. The van der Waals surface area contributed by atoms with Crippen LogP contribution in [0.2, 0.25) is 0 Å². The molecule has 2 aliphatic heterocycles. The molecular weight excluding hydrogens is 300 g/mol. The summed E-state index contributed by atoms with van der Waals surface area (Å²) in [5, 5.41) is 2.50. The number of piperidine rings is 1. The van der Waals surface area contributed by atoms with Gasteiger partial charge in [0.15, 0.2) is 0 Å². The first kappa shape index (κ1) is 15.7. The standard InChI is InChI=1S/C20H26N2O2/c1-13-5-7-14(8-6-13)15-3-2-4-17-16(15)11-12-22(17)18-9-10-19(23)21-20(18)24/h2-4,13-14,18H,5-12H2,1H3,(H,21,23,24). The molecule has 2 fully saturated rings. The average Bonchev–Trinajstić information content (AvgIpc) is 3.00. The van der Waals surface area contributed by atoms with Crippen LogP contribution in [0, 0.1) is 5.92 Å². The summed E-state index contributed by atoms with van der Waals surface area (Å²) in [6, 6.07) is 6.41. The van der Waals surface area contributed by atoms with Crippen molar-refractivity contribution >= 4 is 17.5 Å². The average molecular weight is 326 g/mol. The van der Waals surface area contributed by atoms with Gasteiger partial charge in [-0.2, -0.15) is 0 Å². The van der Waals surface area contributed by atoms with E-state index in [0.29, 0.717) is 18.8 Å². The molecule has 2 heterocycles. The Hall–Kier alpha value is -1.84. The Morgan fingerprint density at radius 1 is 1.04 bits per heavy atom. The van der Waals surface area contributed by atoms with Crippen LogP contribution < -0.4 is 10.2 Å². The molecule has 4 rings (SSSR count). The number of anilines is 1. The van der Waals surface area contributed by atoms with E-state index in [4.69, 9.17) is 0 Å². The van der Waals surface area contributed by atoms with Crippen LogP contribution in [-0.2, 0) is 16.0 Å². The molecule has 1 unspecified atom stereocenters. The minimum absolute atomic E-state index is 0.129. The summed E-state index contributed by atoms with van der Waals surface area (Å²) in [4.78, 5) is 25.9. The van der Waals surface area contributed by atoms with Gasteiger partial charge < -0.3 is 4.90 Å². The Labute approximate surface area is 143 Å². The minimum Gasteiger partial charge on any atom is -0.359 e. The van der Waals surface area contributed by atoms with E-state index >= 15 is 0 Å². The Bertz CT molecular complexity index is 662. The molecule has 0 bridgehead atoms. The molecule has 4 nitrogen and oxygen atoms in total. The first-order valence-corrected chi connectivity index (χ1v) is 9.35. The minimum atomic E-state index is -0.189. The molecule has 1 aromatic rings. The highest BCUT2D eigenvalue weighted by Crippen LogP contribution is 2.42. The maximum Gasteiger partial charge on any atom is 0.249 e. The number of nitrogens with one attached hydrogen (secondary N) is 1. The van der Waals surface area contributed by atoms with Crippen molar-refractivity contribution in [1.82, 2.24) is 5.32 Å². The van der Waals surface area contributed by atoms with Gasteiger partial charge in [0.05, 0.1) is 0 Å². The summed E-state index contributed by atoms with van der Waals surface area (Å²) in [6.45, 7) is 3.25. The first-order chi connectivity index (χ1) is 11.6. The normalized spacial score (nSPS) is 30.2. The lowest BCUT2D eigenvalue weighted by Gasteiger charge is -2.32. The lowest BCUT2D eigenvalue weighted by atomic mass is 9.78. The molecule has 0 spiro atoms. The van der Waals surface area contributed by atoms with Gasteiger partial charge in [0.1, 0.15) is 6.04 Å². The van der Waals surface area contributed by atoms with Crippen LogP contribution in [0.25, 0.3) is 0 Å². The number of rotatable bonds is 2. The number of amides is 2. The highest BCUT2D eigenvalue weighted by atomic mass is 16.2. The molecule has 4 heteroatoms. The van der Waals surface area contributed by atoms with E-state index in [1.165, 1.54) is 42.5 Å². The van der Waals surface area contributed by atoms with Crippen molar-refractivity contribution in [3.8, 4) is 0 Å². The fourth-order valence-electron chi connectivity index (χ4n) is 4.74. The molecule has 2 amide bonds. The van der Waals surface area contributed by atoms with Gasteiger partial charge in [0, 0.05) is 18.7 Å². The molecule has 0 aromatic heterocycles. The number of benzene rings is 1. The van der Waals surface area contributed by atoms with Gasteiger partial charge in [0.25, 0.3) is 0 Å². The summed E-state index contributed by atoms with van der Waals surface area (Å²) >= 11 is 0. The second kappa shape index (κ2) is 6.23. The lowest BCUT2D eigenvalue weighted by molar-refractivity contribution is -0.134. The molecule has 1 saturated heterocycles. The molecule has 24 heavy (non-hydrogen) atoms. The fourth-order valence-corrected chi connectivity index (χ4v) is 4.74. The topological polar surface area (TPSA) is 49.4 Å². The monoisotopic (exact) mass is 326 g/mol. The zero-order valence-electron chi connectivity index (χ0n) is 14.4. The van der Waals surface area contributed by atoms with Crippen LogP contribution in [0.3, 0.4) is 0 Å². The maximum absolute atomic E-state index is 12.3. The number of carbonyl (C=O) groups is 2. The number of imide groups is 1. The summed E-state index contributed by atoms with van der Waals surface area (Å²) in [5.74, 6) is 1.27. The number of hydrogen-bond acceptors (Lipinski definition) is 3. The third-order valence-electron chi connectivity index (χ3n) is 6.14. The van der Waals surface area contributed by atoms with Gasteiger partial charge in [-0.05, 0) is 54.7 Å². The summed E-state index contributed by atoms with van der Waals surface area (Å²) in [6.07, 6.45) is 7.33. The molecule has 1 saturated carbocycles. The SMILES string of the molecule is CC1CCC(c2cccc3c2CCN3C2CCC(=O)NC2=O)CC1. The predicted octanol–water partition coefficient (Wildman–Crippen LogP) is 3.15. The van der Waals surface area contributed by atoms with Gasteiger partial charge in [-0.3, -0.25) is 14.9 Å². The second-order valence-corrected chi connectivity index (χ2v) is 7.71. The smallest absolute Gasteiger partial charge is 0.249 e. The van der Waals surface area contributed by atoms with Crippen molar-refractivity contribution in [2.75, 3.05) is 11.4 Å². The Kier molecular flexibility index (Phi) is 4.07. The quantitative estimate of drug-likeness (QED) is 0.850. The van der Waals surface area contributed by atoms with Crippen LogP contribution in [0.1, 0.15) is 62.5 Å². The summed E-state index contributed by atoms with van der Waals surface area (Å²) < 4.78 is 0. The fraction of sp³-hybridized carbons (Fsp3) is 0.600. The van der Waals surface area contributed by atoms with Crippen LogP contribution in [0.5, 0.6) is 0 Å². The number of fused-ring (bicyclic) bond motifs is 1. The Morgan fingerprint density at radius 2 is 1.83 bits per heavy atom. The van der Waals surface area contributed by atoms with Gasteiger partial charge in [0.2, 0.25) is 11.8 Å². The molecule has 0 radical (unpaired) electrons. The van der Waals surface area contributed by atoms with E-state index in [2.05, 4.69) is 35.3 Å². The zero-order valence-corrected chi connectivity index (χ0v) is 14.4. The van der Waals surface area contributed by atoms with E-state index in [1.54, 1.807) is 0 Å². The number of hydrogen-bond donors (Lipinski definition) is 1. The van der Waals surface area contributed by atoms with Crippen LogP contribution in [-0.4, -0.2) is 24.4 Å². The summed E-state index contributed by atoms with van der Waals surface area (Å²) in [5.41, 5.74) is 4.18. The predicted molar refractivity (Wildman–Crippen MR) is 94.0 cm³/mol. The number of nitrogens with zero attached hydrogens (tertiary/aromatic N) is 1. The van der Waals surface area contributed by atoms with E-state index in [0.717, 1.165) is 18.9 Å². The van der Waals surface area contributed by atoms with Crippen molar-refractivity contribution in [2.45, 2.75) is 63.8 Å². The van der Waals surface area contributed by atoms with Gasteiger partial charge >= 0.3 is 0 Å². The highest BCUT2D eigenvalue weighted by molar-refractivity contribution is 6.02. The first-order valence-electron chi connectivity index (χ1n) is 9.35. The third-order valence-corrected chi connectivity index (χ3v) is 6.14. The molecule has 128 valence electrons. The maximum atomic E-state index is 12.3. The van der Waals surface area contributed by atoms with Crippen LogP contribution in [0.4, 0.5) is 5.69 Å². The largest absolute Gasteiger partial charge is 0.359 e. The van der Waals surface area contributed by atoms with E-state index in [1.807, 2.05) is 0 Å². The van der Waals surface area contributed by atoms with Crippen molar-refractivity contribution < 1.29 is 9.59 Å². The van der Waals surface area contributed by atoms with Crippen molar-refractivity contribution in [3.63, 3.8) is 0 Å². The van der Waals surface area contributed by atoms with E-state index in [9.17, 15) is 9.59 Å². The molecular formula is C20H26N2O2.